The average molecular weight is 411 g/mol. The highest BCUT2D eigenvalue weighted by Gasteiger charge is 2.24. The van der Waals surface area contributed by atoms with E-state index in [1.165, 1.54) is 6.07 Å². The van der Waals surface area contributed by atoms with Gasteiger partial charge in [0.2, 0.25) is 5.91 Å². The number of benzene rings is 3. The normalized spacial score (nSPS) is 11.9. The molecule has 0 aliphatic rings. The van der Waals surface area contributed by atoms with Crippen LogP contribution in [0.4, 0.5) is 10.1 Å². The highest BCUT2D eigenvalue weighted by Crippen LogP contribution is 2.24. The summed E-state index contributed by atoms with van der Waals surface area (Å²) < 4.78 is 14.2. The predicted octanol–water partition coefficient (Wildman–Crippen LogP) is 5.37. The molecule has 0 aliphatic heterocycles. The molecule has 5 heteroatoms. The van der Waals surface area contributed by atoms with E-state index in [0.717, 1.165) is 22.4 Å². The Morgan fingerprint density at radius 3 is 2.41 bits per heavy atom. The second-order valence-electron chi connectivity index (χ2n) is 7.13. The van der Waals surface area contributed by atoms with Gasteiger partial charge in [-0.2, -0.15) is 0 Å². The van der Waals surface area contributed by atoms with Crippen molar-refractivity contribution in [1.82, 2.24) is 0 Å². The minimum absolute atomic E-state index is 0.228. The molecule has 0 spiro atoms. The molecule has 0 fully saturated rings. The van der Waals surface area contributed by atoms with E-state index in [9.17, 15) is 9.18 Å². The first-order valence-electron chi connectivity index (χ1n) is 9.50. The van der Waals surface area contributed by atoms with Crippen LogP contribution in [-0.4, -0.2) is 12.5 Å². The van der Waals surface area contributed by atoms with Gasteiger partial charge < -0.3 is 10.6 Å². The largest absolute Gasteiger partial charge is 0.316 e. The van der Waals surface area contributed by atoms with Gasteiger partial charge in [0.25, 0.3) is 0 Å². The van der Waals surface area contributed by atoms with Gasteiger partial charge in [-0.3, -0.25) is 4.79 Å². The van der Waals surface area contributed by atoms with Crippen LogP contribution in [0.2, 0.25) is 5.02 Å². The summed E-state index contributed by atoms with van der Waals surface area (Å²) in [5, 5.41) is 0.347. The van der Waals surface area contributed by atoms with Gasteiger partial charge in [0, 0.05) is 17.3 Å². The first-order chi connectivity index (χ1) is 13.9. The van der Waals surface area contributed by atoms with E-state index >= 15 is 0 Å². The molecule has 3 nitrogen and oxygen atoms in total. The number of halogens is 2. The van der Waals surface area contributed by atoms with Crippen molar-refractivity contribution >= 4 is 23.2 Å². The lowest BCUT2D eigenvalue weighted by Gasteiger charge is -2.27. The van der Waals surface area contributed by atoms with E-state index in [-0.39, 0.29) is 11.7 Å². The van der Waals surface area contributed by atoms with Gasteiger partial charge >= 0.3 is 0 Å². The fourth-order valence-electron chi connectivity index (χ4n) is 3.19. The average Bonchev–Trinajstić information content (AvgIpc) is 2.72. The summed E-state index contributed by atoms with van der Waals surface area (Å²) in [4.78, 5) is 14.9. The van der Waals surface area contributed by atoms with Gasteiger partial charge in [0.15, 0.2) is 0 Å². The number of hydrogen-bond donors (Lipinski definition) is 1. The van der Waals surface area contributed by atoms with Crippen LogP contribution in [0.25, 0.3) is 0 Å². The van der Waals surface area contributed by atoms with Crippen LogP contribution in [-0.2, 0) is 11.2 Å². The van der Waals surface area contributed by atoms with Gasteiger partial charge in [-0.1, -0.05) is 54.1 Å². The number of hydrogen-bond acceptors (Lipinski definition) is 2. The van der Waals surface area contributed by atoms with E-state index in [1.54, 1.807) is 17.0 Å². The van der Waals surface area contributed by atoms with Crippen molar-refractivity contribution < 1.29 is 9.18 Å². The summed E-state index contributed by atoms with van der Waals surface area (Å²) in [6.45, 7) is 4.32. The first-order valence-corrected chi connectivity index (χ1v) is 9.87. The van der Waals surface area contributed by atoms with Crippen molar-refractivity contribution in [3.05, 3.63) is 99.8 Å². The Hall–Kier alpha value is -2.69. The van der Waals surface area contributed by atoms with Crippen LogP contribution in [0.15, 0.2) is 66.7 Å². The number of carbonyl (C=O) groups is 1. The number of nitrogens with two attached hydrogens (primary N) is 1. The minimum Gasteiger partial charge on any atom is -0.316 e. The van der Waals surface area contributed by atoms with Crippen LogP contribution in [0.1, 0.15) is 28.3 Å². The maximum atomic E-state index is 14.2. The number of carbonyl (C=O) groups excluding carboxylic acids is 1. The van der Waals surface area contributed by atoms with Crippen molar-refractivity contribution in [1.29, 1.82) is 0 Å². The van der Waals surface area contributed by atoms with Crippen LogP contribution in [0.3, 0.4) is 0 Å². The molecule has 1 atom stereocenters. The monoisotopic (exact) mass is 410 g/mol. The lowest BCUT2D eigenvalue weighted by Crippen LogP contribution is -2.40. The summed E-state index contributed by atoms with van der Waals surface area (Å²) >= 11 is 5.85. The van der Waals surface area contributed by atoms with Crippen LogP contribution >= 0.6 is 11.6 Å². The first kappa shape index (κ1) is 21.0. The molecule has 0 heterocycles. The quantitative estimate of drug-likeness (QED) is 0.593. The Bertz CT molecular complexity index is 1010. The Labute approximate surface area is 175 Å². The molecular formula is C24H24ClFN2O. The summed E-state index contributed by atoms with van der Waals surface area (Å²) in [7, 11) is 0. The van der Waals surface area contributed by atoms with E-state index < -0.39 is 6.04 Å². The predicted molar refractivity (Wildman–Crippen MR) is 117 cm³/mol. The van der Waals surface area contributed by atoms with E-state index in [4.69, 9.17) is 17.3 Å². The molecule has 0 radical (unpaired) electrons. The maximum Gasteiger partial charge on any atom is 0.248 e. The van der Waals surface area contributed by atoms with Crippen LogP contribution < -0.4 is 10.6 Å². The molecule has 0 aromatic heterocycles. The zero-order chi connectivity index (χ0) is 21.0. The summed E-state index contributed by atoms with van der Waals surface area (Å²) in [6.07, 6.45) is 0.350. The molecule has 150 valence electrons. The van der Waals surface area contributed by atoms with Crippen LogP contribution in [0, 0.1) is 19.7 Å². The molecule has 0 bridgehead atoms. The number of nitrogens with zero attached hydrogens (tertiary/aromatic N) is 1. The molecule has 3 aromatic carbocycles. The highest BCUT2D eigenvalue weighted by atomic mass is 35.5. The number of aryl methyl sites for hydroxylation is 2. The number of anilines is 1. The third-order valence-electron chi connectivity index (χ3n) is 5.11. The molecule has 0 unspecified atom stereocenters. The van der Waals surface area contributed by atoms with E-state index in [2.05, 4.69) is 0 Å². The third kappa shape index (κ3) is 5.03. The maximum absolute atomic E-state index is 14.2. The molecular weight excluding hydrogens is 387 g/mol. The van der Waals surface area contributed by atoms with Crippen LogP contribution in [0.5, 0.6) is 0 Å². The molecule has 3 rings (SSSR count). The minimum atomic E-state index is -0.798. The zero-order valence-corrected chi connectivity index (χ0v) is 17.3. The van der Waals surface area contributed by atoms with Crippen molar-refractivity contribution in [2.75, 3.05) is 11.4 Å². The molecule has 0 aliphatic carbocycles. The topological polar surface area (TPSA) is 46.3 Å². The summed E-state index contributed by atoms with van der Waals surface area (Å²) in [5.41, 5.74) is 10.5. The van der Waals surface area contributed by atoms with Gasteiger partial charge in [-0.25, -0.2) is 4.39 Å². The fraction of sp³-hybridized carbons (Fsp3) is 0.208. The molecule has 1 amide bonds. The lowest BCUT2D eigenvalue weighted by atomic mass is 10.0. The second-order valence-corrected chi connectivity index (χ2v) is 7.57. The smallest absolute Gasteiger partial charge is 0.248 e. The number of amides is 1. The Morgan fingerprint density at radius 1 is 1.03 bits per heavy atom. The standard InChI is InChI=1S/C24H24ClFN2O/c1-16-8-11-21(14-17(16)2)28(13-12-18-9-10-20(25)15-22(18)26)24(29)23(27)19-6-4-3-5-7-19/h3-11,14-15,23H,12-13,27H2,1-2H3/t23-/m0/s1. The number of rotatable bonds is 6. The molecule has 0 saturated carbocycles. The molecule has 2 N–H and O–H groups in total. The Morgan fingerprint density at radius 2 is 1.76 bits per heavy atom. The van der Waals surface area contributed by atoms with Gasteiger partial charge in [-0.05, 0) is 66.8 Å². The summed E-state index contributed by atoms with van der Waals surface area (Å²) in [5.74, 6) is -0.605. The van der Waals surface area contributed by atoms with Crippen molar-refractivity contribution in [3.8, 4) is 0 Å². The highest BCUT2D eigenvalue weighted by molar-refractivity contribution is 6.30. The molecule has 29 heavy (non-hydrogen) atoms. The molecule has 0 saturated heterocycles. The Kier molecular flexibility index (Phi) is 6.68. The SMILES string of the molecule is Cc1ccc(N(CCc2ccc(Cl)cc2F)C(=O)[C@@H](N)c2ccccc2)cc1C. The van der Waals surface area contributed by atoms with E-state index in [1.807, 2.05) is 62.4 Å². The van der Waals surface area contributed by atoms with Crippen molar-refractivity contribution in [2.24, 2.45) is 5.73 Å². The van der Waals surface area contributed by atoms with Crippen molar-refractivity contribution in [3.63, 3.8) is 0 Å². The lowest BCUT2D eigenvalue weighted by molar-refractivity contribution is -0.120. The fourth-order valence-corrected chi connectivity index (χ4v) is 3.35. The summed E-state index contributed by atoms with van der Waals surface area (Å²) in [6, 6.07) is 18.9. The molecule has 3 aromatic rings. The van der Waals surface area contributed by atoms with Gasteiger partial charge in [0.05, 0.1) is 0 Å². The van der Waals surface area contributed by atoms with Gasteiger partial charge in [0.1, 0.15) is 11.9 Å². The van der Waals surface area contributed by atoms with Crippen molar-refractivity contribution in [2.45, 2.75) is 26.3 Å². The third-order valence-corrected chi connectivity index (χ3v) is 5.35. The zero-order valence-electron chi connectivity index (χ0n) is 16.5. The Balaban J connectivity index is 1.90. The van der Waals surface area contributed by atoms with Gasteiger partial charge in [-0.15, -0.1) is 0 Å². The second kappa shape index (κ2) is 9.21. The van der Waals surface area contributed by atoms with E-state index in [0.29, 0.717) is 23.6 Å².